The number of amides is 1. The van der Waals surface area contributed by atoms with Crippen LogP contribution in [0.2, 0.25) is 0 Å². The van der Waals surface area contributed by atoms with Crippen LogP contribution < -0.4 is 5.32 Å². The minimum atomic E-state index is -0.0361. The summed E-state index contributed by atoms with van der Waals surface area (Å²) in [4.78, 5) is 18.5. The van der Waals surface area contributed by atoms with Crippen molar-refractivity contribution in [1.82, 2.24) is 4.90 Å². The maximum absolute atomic E-state index is 12.8. The van der Waals surface area contributed by atoms with E-state index >= 15 is 0 Å². The fourth-order valence-electron chi connectivity index (χ4n) is 3.82. The van der Waals surface area contributed by atoms with Gasteiger partial charge in [-0.2, -0.15) is 0 Å². The first-order chi connectivity index (χ1) is 14.6. The summed E-state index contributed by atoms with van der Waals surface area (Å²) in [7, 11) is 0. The Morgan fingerprint density at radius 1 is 1.17 bits per heavy atom. The molecular weight excluding hydrogens is 432 g/mol. The monoisotopic (exact) mass is 458 g/mol. The molecule has 1 atom stereocenters. The molecule has 1 unspecified atom stereocenters. The van der Waals surface area contributed by atoms with E-state index in [0.29, 0.717) is 0 Å². The second-order valence-electron chi connectivity index (χ2n) is 7.28. The van der Waals surface area contributed by atoms with Gasteiger partial charge in [0.05, 0.1) is 24.1 Å². The molecule has 0 radical (unpaired) electrons. The first-order valence-corrected chi connectivity index (χ1v) is 12.9. The zero-order valence-corrected chi connectivity index (χ0v) is 19.9. The van der Waals surface area contributed by atoms with Gasteiger partial charge >= 0.3 is 0 Å². The Hall–Kier alpha value is -1.64. The first-order valence-electron chi connectivity index (χ1n) is 9.99. The van der Waals surface area contributed by atoms with Gasteiger partial charge in [0.1, 0.15) is 5.00 Å². The Labute approximate surface area is 190 Å². The number of carbonyl (C=O) groups excluding carboxylic acids is 1. The molecule has 1 aliphatic rings. The molecule has 1 saturated heterocycles. The zero-order valence-electron chi connectivity index (χ0n) is 17.4. The van der Waals surface area contributed by atoms with Crippen molar-refractivity contribution in [3.63, 3.8) is 0 Å². The van der Waals surface area contributed by atoms with Gasteiger partial charge in [0.2, 0.25) is 0 Å². The van der Waals surface area contributed by atoms with Gasteiger partial charge in [-0.05, 0) is 54.8 Å². The van der Waals surface area contributed by atoms with Crippen molar-refractivity contribution in [1.29, 1.82) is 0 Å². The second-order valence-corrected chi connectivity index (χ2v) is 10.3. The van der Waals surface area contributed by atoms with Gasteiger partial charge in [0.25, 0.3) is 5.91 Å². The smallest absolute Gasteiger partial charge is 0.266 e. The Bertz CT molecular complexity index is 990. The number of thioether (sulfide) groups is 1. The third-order valence-corrected chi connectivity index (χ3v) is 8.27. The number of rotatable bonds is 6. The predicted molar refractivity (Wildman–Crippen MR) is 129 cm³/mol. The largest absolute Gasteiger partial charge is 0.379 e. The fourth-order valence-corrected chi connectivity index (χ4v) is 5.94. The quantitative estimate of drug-likeness (QED) is 0.473. The van der Waals surface area contributed by atoms with E-state index in [9.17, 15) is 4.79 Å². The van der Waals surface area contributed by atoms with Crippen LogP contribution in [-0.4, -0.2) is 43.4 Å². The molecule has 7 heteroatoms. The summed E-state index contributed by atoms with van der Waals surface area (Å²) in [5.74, 6) is -0.0361. The lowest BCUT2D eigenvalue weighted by Gasteiger charge is -2.35. The van der Waals surface area contributed by atoms with Crippen LogP contribution in [0.1, 0.15) is 37.3 Å². The van der Waals surface area contributed by atoms with E-state index in [1.807, 2.05) is 17.5 Å². The fraction of sp³-hybridized carbons (Fsp3) is 0.348. The van der Waals surface area contributed by atoms with Crippen molar-refractivity contribution in [3.05, 3.63) is 68.2 Å². The Kier molecular flexibility index (Phi) is 6.95. The average Bonchev–Trinajstić information content (AvgIpc) is 3.40. The van der Waals surface area contributed by atoms with Crippen LogP contribution >= 0.6 is 34.4 Å². The van der Waals surface area contributed by atoms with Gasteiger partial charge in [-0.1, -0.05) is 18.2 Å². The van der Waals surface area contributed by atoms with Gasteiger partial charge in [-0.15, -0.1) is 34.4 Å². The topological polar surface area (TPSA) is 41.6 Å². The normalized spacial score (nSPS) is 15.8. The van der Waals surface area contributed by atoms with Crippen molar-refractivity contribution in [2.75, 3.05) is 37.9 Å². The summed E-state index contributed by atoms with van der Waals surface area (Å²) in [6.45, 7) is 7.53. The molecule has 4 nitrogen and oxygen atoms in total. The summed E-state index contributed by atoms with van der Waals surface area (Å²) in [6, 6.07) is 12.7. The number of carbonyl (C=O) groups is 1. The lowest BCUT2D eigenvalue weighted by molar-refractivity contribution is 0.0240. The van der Waals surface area contributed by atoms with Crippen molar-refractivity contribution in [3.8, 4) is 0 Å². The van der Waals surface area contributed by atoms with Crippen LogP contribution in [0.5, 0.6) is 0 Å². The predicted octanol–water partition coefficient (Wildman–Crippen LogP) is 5.82. The molecule has 0 aliphatic carbocycles. The molecular formula is C23H26N2O2S3. The van der Waals surface area contributed by atoms with Crippen LogP contribution in [0.25, 0.3) is 0 Å². The molecule has 1 aromatic carbocycles. The lowest BCUT2D eigenvalue weighted by Crippen LogP contribution is -2.39. The Balaban J connectivity index is 1.76. The van der Waals surface area contributed by atoms with Gasteiger partial charge in [-0.3, -0.25) is 9.69 Å². The third kappa shape index (κ3) is 4.50. The maximum Gasteiger partial charge on any atom is 0.266 e. The minimum absolute atomic E-state index is 0.0361. The highest BCUT2D eigenvalue weighted by Gasteiger charge is 2.30. The zero-order chi connectivity index (χ0) is 21.1. The van der Waals surface area contributed by atoms with Gasteiger partial charge < -0.3 is 10.1 Å². The van der Waals surface area contributed by atoms with Crippen molar-refractivity contribution in [2.24, 2.45) is 0 Å². The third-order valence-electron chi connectivity index (χ3n) is 5.52. The standard InChI is InChI=1S/C23H26N2O2S3/c1-15-16(2)30-23(24-22(26)19-5-4-14-29-19)20(15)21(25-10-12-27-13-11-25)17-6-8-18(28-3)9-7-17/h4-9,14,21H,10-13H2,1-3H3,(H,24,26). The summed E-state index contributed by atoms with van der Waals surface area (Å²) >= 11 is 4.89. The molecule has 0 bridgehead atoms. The number of benzene rings is 1. The highest BCUT2D eigenvalue weighted by atomic mass is 32.2. The molecule has 1 amide bonds. The van der Waals surface area contributed by atoms with Crippen LogP contribution in [0.4, 0.5) is 5.00 Å². The van der Waals surface area contributed by atoms with E-state index < -0.39 is 0 Å². The molecule has 0 saturated carbocycles. The van der Waals surface area contributed by atoms with Gasteiger partial charge in [-0.25, -0.2) is 0 Å². The molecule has 30 heavy (non-hydrogen) atoms. The number of hydrogen-bond donors (Lipinski definition) is 1. The first kappa shape index (κ1) is 21.6. The van der Waals surface area contributed by atoms with E-state index in [2.05, 4.69) is 54.6 Å². The minimum Gasteiger partial charge on any atom is -0.379 e. The van der Waals surface area contributed by atoms with Crippen LogP contribution in [-0.2, 0) is 4.74 Å². The van der Waals surface area contributed by atoms with Gasteiger partial charge in [0, 0.05) is 28.4 Å². The number of thiophene rings is 2. The highest BCUT2D eigenvalue weighted by Crippen LogP contribution is 2.43. The van der Waals surface area contributed by atoms with E-state index in [0.717, 1.165) is 36.2 Å². The van der Waals surface area contributed by atoms with Gasteiger partial charge in [0.15, 0.2) is 0 Å². The summed E-state index contributed by atoms with van der Waals surface area (Å²) in [5.41, 5.74) is 3.72. The molecule has 0 spiro atoms. The molecule has 3 heterocycles. The summed E-state index contributed by atoms with van der Waals surface area (Å²) in [5, 5.41) is 6.10. The highest BCUT2D eigenvalue weighted by molar-refractivity contribution is 7.98. The van der Waals surface area contributed by atoms with Crippen LogP contribution in [0, 0.1) is 13.8 Å². The number of hydrogen-bond acceptors (Lipinski definition) is 6. The Morgan fingerprint density at radius 2 is 1.90 bits per heavy atom. The lowest BCUT2D eigenvalue weighted by atomic mass is 9.94. The van der Waals surface area contributed by atoms with E-state index in [-0.39, 0.29) is 11.9 Å². The molecule has 1 fully saturated rings. The maximum atomic E-state index is 12.8. The Morgan fingerprint density at radius 3 is 2.53 bits per heavy atom. The number of morpholine rings is 1. The number of aryl methyl sites for hydroxylation is 1. The van der Waals surface area contributed by atoms with Crippen molar-refractivity contribution in [2.45, 2.75) is 24.8 Å². The molecule has 1 aliphatic heterocycles. The molecule has 3 aromatic rings. The summed E-state index contributed by atoms with van der Waals surface area (Å²) in [6.07, 6.45) is 2.10. The van der Waals surface area contributed by atoms with Crippen LogP contribution in [0.15, 0.2) is 46.7 Å². The molecule has 4 rings (SSSR count). The van der Waals surface area contributed by atoms with E-state index in [1.165, 1.54) is 37.8 Å². The SMILES string of the molecule is CSc1ccc(C(c2c(NC(=O)c3cccs3)sc(C)c2C)N2CCOCC2)cc1. The van der Waals surface area contributed by atoms with Crippen molar-refractivity contribution < 1.29 is 9.53 Å². The van der Waals surface area contributed by atoms with E-state index in [1.54, 1.807) is 23.1 Å². The number of nitrogens with one attached hydrogen (secondary N) is 1. The summed E-state index contributed by atoms with van der Waals surface area (Å²) < 4.78 is 5.63. The average molecular weight is 459 g/mol. The molecule has 1 N–H and O–H groups in total. The second kappa shape index (κ2) is 9.66. The van der Waals surface area contributed by atoms with E-state index in [4.69, 9.17) is 4.74 Å². The van der Waals surface area contributed by atoms with Crippen molar-refractivity contribution >= 4 is 45.3 Å². The number of ether oxygens (including phenoxy) is 1. The van der Waals surface area contributed by atoms with Crippen LogP contribution in [0.3, 0.4) is 0 Å². The molecule has 2 aromatic heterocycles. The number of nitrogens with zero attached hydrogens (tertiary/aromatic N) is 1. The number of anilines is 1. The molecule has 158 valence electrons.